The number of hydrogen-bond donors (Lipinski definition) is 4. The van der Waals surface area contributed by atoms with Crippen molar-refractivity contribution in [2.45, 2.75) is 11.3 Å². The Kier molecular flexibility index (Phi) is 5.71. The van der Waals surface area contributed by atoms with E-state index in [4.69, 9.17) is 9.92 Å². The SMILES string of the molecule is Nc1nc2[nH]c(CCOS(=O)(=O)c3ccc(C(=O)Nc4ccccn4)cc3)cc2c(=O)[nH]1. The topological polar surface area (TPSA) is 173 Å². The minimum absolute atomic E-state index is 0.0214. The first-order valence-electron chi connectivity index (χ1n) is 9.41. The molecular weight excluding hydrogens is 436 g/mol. The molecular formula is C20H18N6O5S. The molecule has 4 aromatic rings. The Morgan fingerprint density at radius 3 is 2.62 bits per heavy atom. The number of hydrogen-bond acceptors (Lipinski definition) is 8. The Balaban J connectivity index is 1.38. The Bertz CT molecular complexity index is 1430. The van der Waals surface area contributed by atoms with Crippen molar-refractivity contribution in [3.8, 4) is 0 Å². The van der Waals surface area contributed by atoms with Crippen molar-refractivity contribution in [1.29, 1.82) is 0 Å². The van der Waals surface area contributed by atoms with Crippen molar-refractivity contribution in [2.75, 3.05) is 17.7 Å². The fraction of sp³-hybridized carbons (Fsp3) is 0.100. The highest BCUT2D eigenvalue weighted by atomic mass is 32.2. The lowest BCUT2D eigenvalue weighted by molar-refractivity contribution is 0.102. The molecule has 11 nitrogen and oxygen atoms in total. The van der Waals surface area contributed by atoms with Crippen LogP contribution in [0.1, 0.15) is 16.1 Å². The zero-order chi connectivity index (χ0) is 22.7. The van der Waals surface area contributed by atoms with Gasteiger partial charge in [0.15, 0.2) is 0 Å². The summed E-state index contributed by atoms with van der Waals surface area (Å²) in [4.78, 5) is 37.3. The van der Waals surface area contributed by atoms with E-state index in [2.05, 4.69) is 25.3 Å². The predicted octanol–water partition coefficient (Wildman–Crippen LogP) is 1.43. The summed E-state index contributed by atoms with van der Waals surface area (Å²) in [6, 6.07) is 12.0. The number of amides is 1. The zero-order valence-corrected chi connectivity index (χ0v) is 17.3. The predicted molar refractivity (Wildman–Crippen MR) is 117 cm³/mol. The minimum Gasteiger partial charge on any atom is -0.369 e. The van der Waals surface area contributed by atoms with E-state index in [1.165, 1.54) is 24.3 Å². The smallest absolute Gasteiger partial charge is 0.296 e. The van der Waals surface area contributed by atoms with Crippen LogP contribution in [0.3, 0.4) is 0 Å². The lowest BCUT2D eigenvalue weighted by atomic mass is 10.2. The number of carbonyl (C=O) groups is 1. The van der Waals surface area contributed by atoms with E-state index in [0.29, 0.717) is 22.5 Å². The standard InChI is InChI=1S/C20H18N6O5S/c21-20-25-17-15(19(28)26-20)11-13(23-17)8-10-31-32(29,30)14-6-4-12(5-7-14)18(27)24-16-3-1-2-9-22-16/h1-7,9,11H,8,10H2,(H,22,24,27)(H4,21,23,25,26,28). The summed E-state index contributed by atoms with van der Waals surface area (Å²) >= 11 is 0. The van der Waals surface area contributed by atoms with Crippen molar-refractivity contribution in [2.24, 2.45) is 0 Å². The molecule has 32 heavy (non-hydrogen) atoms. The third-order valence-corrected chi connectivity index (χ3v) is 5.82. The molecule has 0 radical (unpaired) electrons. The Morgan fingerprint density at radius 2 is 1.91 bits per heavy atom. The van der Waals surface area contributed by atoms with Crippen LogP contribution in [-0.2, 0) is 20.7 Å². The third-order valence-electron chi connectivity index (χ3n) is 4.49. The molecule has 0 saturated heterocycles. The number of anilines is 2. The normalized spacial score (nSPS) is 11.5. The van der Waals surface area contributed by atoms with Gasteiger partial charge in [0.05, 0.1) is 16.9 Å². The number of carbonyl (C=O) groups excluding carboxylic acids is 1. The zero-order valence-electron chi connectivity index (χ0n) is 16.5. The molecule has 3 heterocycles. The van der Waals surface area contributed by atoms with Gasteiger partial charge < -0.3 is 16.0 Å². The molecule has 5 N–H and O–H groups in total. The highest BCUT2D eigenvalue weighted by Crippen LogP contribution is 2.16. The number of pyridine rings is 1. The number of nitrogens with zero attached hydrogens (tertiary/aromatic N) is 2. The number of nitrogen functional groups attached to an aromatic ring is 1. The molecule has 0 bridgehead atoms. The van der Waals surface area contributed by atoms with E-state index < -0.39 is 21.6 Å². The number of benzene rings is 1. The molecule has 164 valence electrons. The van der Waals surface area contributed by atoms with Gasteiger partial charge >= 0.3 is 0 Å². The maximum Gasteiger partial charge on any atom is 0.296 e. The number of aromatic amines is 2. The van der Waals surface area contributed by atoms with Crippen LogP contribution in [0, 0.1) is 0 Å². The summed E-state index contributed by atoms with van der Waals surface area (Å²) in [7, 11) is -4.04. The number of rotatable bonds is 7. The van der Waals surface area contributed by atoms with Crippen molar-refractivity contribution in [1.82, 2.24) is 19.9 Å². The first-order chi connectivity index (χ1) is 15.3. The average molecular weight is 454 g/mol. The highest BCUT2D eigenvalue weighted by Gasteiger charge is 2.17. The van der Waals surface area contributed by atoms with E-state index in [0.717, 1.165) is 0 Å². The van der Waals surface area contributed by atoms with Crippen molar-refractivity contribution < 1.29 is 17.4 Å². The molecule has 0 spiro atoms. The Hall–Kier alpha value is -4.03. The lowest BCUT2D eigenvalue weighted by Gasteiger charge is -2.07. The van der Waals surface area contributed by atoms with Crippen LogP contribution in [0.4, 0.5) is 11.8 Å². The molecule has 1 amide bonds. The Labute approximate surface area is 181 Å². The maximum absolute atomic E-state index is 12.4. The van der Waals surface area contributed by atoms with E-state index in [9.17, 15) is 18.0 Å². The van der Waals surface area contributed by atoms with Crippen molar-refractivity contribution in [3.05, 3.63) is 76.3 Å². The summed E-state index contributed by atoms with van der Waals surface area (Å²) in [5.74, 6) is -0.0575. The number of H-pyrrole nitrogens is 2. The molecule has 0 saturated carbocycles. The van der Waals surface area contributed by atoms with E-state index in [-0.39, 0.29) is 29.4 Å². The second-order valence-electron chi connectivity index (χ2n) is 6.73. The first kappa shape index (κ1) is 21.2. The van der Waals surface area contributed by atoms with Gasteiger partial charge in [-0.3, -0.25) is 18.8 Å². The molecule has 4 rings (SSSR count). The lowest BCUT2D eigenvalue weighted by Crippen LogP contribution is -2.13. The van der Waals surface area contributed by atoms with Gasteiger partial charge in [-0.05, 0) is 42.5 Å². The molecule has 0 fully saturated rings. The molecule has 3 aromatic heterocycles. The summed E-state index contributed by atoms with van der Waals surface area (Å²) in [6.07, 6.45) is 1.74. The number of aromatic nitrogens is 4. The quantitative estimate of drug-likeness (QED) is 0.303. The third kappa shape index (κ3) is 4.66. The molecule has 0 aliphatic heterocycles. The van der Waals surface area contributed by atoms with Crippen LogP contribution in [0.2, 0.25) is 0 Å². The van der Waals surface area contributed by atoms with Gasteiger partial charge in [-0.15, -0.1) is 0 Å². The maximum atomic E-state index is 12.4. The van der Waals surface area contributed by atoms with Crippen molar-refractivity contribution in [3.63, 3.8) is 0 Å². The van der Waals surface area contributed by atoms with Gasteiger partial charge in [-0.25, -0.2) is 4.98 Å². The molecule has 0 aliphatic rings. The molecule has 12 heteroatoms. The average Bonchev–Trinajstić information content (AvgIpc) is 3.17. The fourth-order valence-corrected chi connectivity index (χ4v) is 3.86. The highest BCUT2D eigenvalue weighted by molar-refractivity contribution is 7.86. The van der Waals surface area contributed by atoms with Gasteiger partial charge in [0.2, 0.25) is 5.95 Å². The second-order valence-corrected chi connectivity index (χ2v) is 8.34. The Morgan fingerprint density at radius 1 is 1.12 bits per heavy atom. The molecule has 0 aliphatic carbocycles. The summed E-state index contributed by atoms with van der Waals surface area (Å²) < 4.78 is 30.0. The van der Waals surface area contributed by atoms with Crippen LogP contribution in [0.5, 0.6) is 0 Å². The largest absolute Gasteiger partial charge is 0.369 e. The van der Waals surface area contributed by atoms with Crippen LogP contribution in [0.15, 0.2) is 64.4 Å². The first-order valence-corrected chi connectivity index (χ1v) is 10.8. The summed E-state index contributed by atoms with van der Waals surface area (Å²) in [5, 5.41) is 2.93. The second kappa shape index (κ2) is 8.61. The summed E-state index contributed by atoms with van der Waals surface area (Å²) in [6.45, 7) is -0.162. The van der Waals surface area contributed by atoms with Crippen LogP contribution in [0.25, 0.3) is 11.0 Å². The van der Waals surface area contributed by atoms with Crippen LogP contribution in [-0.4, -0.2) is 40.9 Å². The molecule has 0 unspecified atom stereocenters. The molecule has 1 aromatic carbocycles. The molecule has 0 atom stereocenters. The number of nitrogens with one attached hydrogen (secondary N) is 3. The van der Waals surface area contributed by atoms with E-state index in [1.807, 2.05) is 0 Å². The van der Waals surface area contributed by atoms with Gasteiger partial charge in [0.25, 0.3) is 21.6 Å². The van der Waals surface area contributed by atoms with Crippen molar-refractivity contribution >= 4 is 38.8 Å². The number of nitrogens with two attached hydrogens (primary N) is 1. The van der Waals surface area contributed by atoms with Gasteiger partial charge in [0, 0.05) is 23.9 Å². The minimum atomic E-state index is -4.04. The van der Waals surface area contributed by atoms with Gasteiger partial charge in [-0.2, -0.15) is 13.4 Å². The van der Waals surface area contributed by atoms with E-state index >= 15 is 0 Å². The van der Waals surface area contributed by atoms with E-state index in [1.54, 1.807) is 30.5 Å². The van der Waals surface area contributed by atoms with Gasteiger partial charge in [0.1, 0.15) is 11.5 Å². The monoisotopic (exact) mass is 454 g/mol. The fourth-order valence-electron chi connectivity index (χ4n) is 2.95. The van der Waals surface area contributed by atoms with Gasteiger partial charge in [-0.1, -0.05) is 6.07 Å². The van der Waals surface area contributed by atoms with Crippen LogP contribution >= 0.6 is 0 Å². The summed E-state index contributed by atoms with van der Waals surface area (Å²) in [5.41, 5.74) is 6.26. The number of fused-ring (bicyclic) bond motifs is 1. The van der Waals surface area contributed by atoms with Crippen LogP contribution < -0.4 is 16.6 Å².